The second kappa shape index (κ2) is 7.00. The maximum absolute atomic E-state index is 11.6. The van der Waals surface area contributed by atoms with E-state index in [2.05, 4.69) is 25.1 Å². The molecular weight excluding hydrogens is 254 g/mol. The highest BCUT2D eigenvalue weighted by atomic mass is 32.2. The van der Waals surface area contributed by atoms with Crippen molar-refractivity contribution >= 4 is 21.6 Å². The summed E-state index contributed by atoms with van der Waals surface area (Å²) in [6.07, 6.45) is 5.22. The first-order chi connectivity index (χ1) is 7.94. The lowest BCUT2D eigenvalue weighted by Crippen LogP contribution is -2.38. The summed E-state index contributed by atoms with van der Waals surface area (Å²) in [5, 5.41) is 0. The molecule has 0 spiro atoms. The second-order valence-corrected chi connectivity index (χ2v) is 8.41. The van der Waals surface area contributed by atoms with Crippen molar-refractivity contribution < 1.29 is 8.42 Å². The smallest absolute Gasteiger partial charge is 0.150 e. The van der Waals surface area contributed by atoms with Gasteiger partial charge >= 0.3 is 0 Å². The summed E-state index contributed by atoms with van der Waals surface area (Å²) in [6, 6.07) is 0.548. The summed E-state index contributed by atoms with van der Waals surface area (Å²) in [7, 11) is -0.634. The van der Waals surface area contributed by atoms with E-state index in [1.165, 1.54) is 12.2 Å². The standard InChI is InChI=1S/C12H25NO2S2/c1-11(6-7-16-3)13(2)9-12-5-4-8-17(14,15)10-12/h11-12H,4-10H2,1-3H3/t11-,12+/m0/s1. The summed E-state index contributed by atoms with van der Waals surface area (Å²) in [4.78, 5) is 2.32. The minimum atomic E-state index is -2.75. The predicted molar refractivity (Wildman–Crippen MR) is 76.5 cm³/mol. The zero-order valence-electron chi connectivity index (χ0n) is 11.2. The number of hydrogen-bond acceptors (Lipinski definition) is 4. The molecule has 17 heavy (non-hydrogen) atoms. The Balaban J connectivity index is 2.37. The predicted octanol–water partition coefficient (Wildman–Crippen LogP) is 1.88. The first kappa shape index (κ1) is 15.3. The highest BCUT2D eigenvalue weighted by molar-refractivity contribution is 7.98. The van der Waals surface area contributed by atoms with Gasteiger partial charge in [0, 0.05) is 12.6 Å². The first-order valence-corrected chi connectivity index (χ1v) is 9.55. The Morgan fingerprint density at radius 2 is 2.18 bits per heavy atom. The number of thioether (sulfide) groups is 1. The van der Waals surface area contributed by atoms with Gasteiger partial charge < -0.3 is 4.90 Å². The van der Waals surface area contributed by atoms with Crippen LogP contribution in [-0.2, 0) is 9.84 Å². The van der Waals surface area contributed by atoms with E-state index < -0.39 is 9.84 Å². The summed E-state index contributed by atoms with van der Waals surface area (Å²) >= 11 is 1.87. The van der Waals surface area contributed by atoms with Crippen LogP contribution < -0.4 is 0 Å². The average molecular weight is 279 g/mol. The van der Waals surface area contributed by atoms with E-state index >= 15 is 0 Å². The fourth-order valence-corrected chi connectivity index (χ4v) is 4.70. The molecule has 1 aliphatic rings. The van der Waals surface area contributed by atoms with Crippen LogP contribution in [0.2, 0.25) is 0 Å². The van der Waals surface area contributed by atoms with Gasteiger partial charge in [-0.15, -0.1) is 0 Å². The Labute approximate surface area is 110 Å². The largest absolute Gasteiger partial charge is 0.303 e. The molecule has 3 nitrogen and oxygen atoms in total. The fourth-order valence-electron chi connectivity index (χ4n) is 2.36. The van der Waals surface area contributed by atoms with E-state index in [0.717, 1.165) is 19.4 Å². The molecule has 1 aliphatic heterocycles. The monoisotopic (exact) mass is 279 g/mol. The van der Waals surface area contributed by atoms with Gasteiger partial charge in [-0.05, 0) is 51.2 Å². The molecule has 0 aromatic carbocycles. The Morgan fingerprint density at radius 1 is 1.47 bits per heavy atom. The van der Waals surface area contributed by atoms with Crippen LogP contribution >= 0.6 is 11.8 Å². The number of nitrogens with zero attached hydrogens (tertiary/aromatic N) is 1. The number of sulfone groups is 1. The topological polar surface area (TPSA) is 37.4 Å². The van der Waals surface area contributed by atoms with Crippen LogP contribution in [0.3, 0.4) is 0 Å². The highest BCUT2D eigenvalue weighted by Gasteiger charge is 2.26. The maximum Gasteiger partial charge on any atom is 0.150 e. The Bertz CT molecular complexity index is 316. The third-order valence-electron chi connectivity index (χ3n) is 3.60. The van der Waals surface area contributed by atoms with Crippen LogP contribution in [0.15, 0.2) is 0 Å². The fraction of sp³-hybridized carbons (Fsp3) is 1.00. The lowest BCUT2D eigenvalue weighted by atomic mass is 10.0. The lowest BCUT2D eigenvalue weighted by Gasteiger charge is -2.30. The van der Waals surface area contributed by atoms with E-state index in [9.17, 15) is 8.42 Å². The molecule has 5 heteroatoms. The van der Waals surface area contributed by atoms with E-state index in [1.54, 1.807) is 0 Å². The molecule has 102 valence electrons. The maximum atomic E-state index is 11.6. The van der Waals surface area contributed by atoms with Crippen LogP contribution in [0.25, 0.3) is 0 Å². The van der Waals surface area contributed by atoms with Crippen molar-refractivity contribution in [1.82, 2.24) is 4.90 Å². The van der Waals surface area contributed by atoms with E-state index in [1.807, 2.05) is 11.8 Å². The second-order valence-electron chi connectivity index (χ2n) is 5.19. The van der Waals surface area contributed by atoms with Crippen molar-refractivity contribution in [2.75, 3.05) is 37.1 Å². The van der Waals surface area contributed by atoms with Gasteiger partial charge in [0.1, 0.15) is 0 Å². The highest BCUT2D eigenvalue weighted by Crippen LogP contribution is 2.20. The number of rotatable bonds is 6. The van der Waals surface area contributed by atoms with Crippen molar-refractivity contribution in [2.45, 2.75) is 32.2 Å². The molecular formula is C12H25NO2S2. The molecule has 2 atom stereocenters. The van der Waals surface area contributed by atoms with Crippen LogP contribution in [0.1, 0.15) is 26.2 Å². The quantitative estimate of drug-likeness (QED) is 0.744. The third-order valence-corrected chi connectivity index (χ3v) is 6.13. The van der Waals surface area contributed by atoms with Crippen LogP contribution in [0.5, 0.6) is 0 Å². The molecule has 0 amide bonds. The Hall–Kier alpha value is 0.260. The molecule has 0 aromatic heterocycles. The molecule has 0 radical (unpaired) electrons. The Morgan fingerprint density at radius 3 is 2.76 bits per heavy atom. The van der Waals surface area contributed by atoms with E-state index in [4.69, 9.17) is 0 Å². The van der Waals surface area contributed by atoms with Crippen molar-refractivity contribution in [1.29, 1.82) is 0 Å². The molecule has 0 bridgehead atoms. The minimum absolute atomic E-state index is 0.343. The summed E-state index contributed by atoms with van der Waals surface area (Å²) < 4.78 is 23.1. The Kier molecular flexibility index (Phi) is 6.31. The van der Waals surface area contributed by atoms with Crippen molar-refractivity contribution in [3.8, 4) is 0 Å². The summed E-state index contributed by atoms with van der Waals surface area (Å²) in [5.41, 5.74) is 0. The van der Waals surface area contributed by atoms with Gasteiger partial charge in [-0.1, -0.05) is 0 Å². The molecule has 0 aromatic rings. The molecule has 0 aliphatic carbocycles. The van der Waals surface area contributed by atoms with E-state index in [-0.39, 0.29) is 0 Å². The zero-order chi connectivity index (χ0) is 12.9. The summed E-state index contributed by atoms with van der Waals surface area (Å²) in [5.74, 6) is 2.31. The van der Waals surface area contributed by atoms with Gasteiger partial charge in [0.2, 0.25) is 0 Å². The molecule has 1 rings (SSSR count). The van der Waals surface area contributed by atoms with Gasteiger partial charge in [0.15, 0.2) is 9.84 Å². The zero-order valence-corrected chi connectivity index (χ0v) is 12.8. The van der Waals surface area contributed by atoms with Gasteiger partial charge in [0.25, 0.3) is 0 Å². The van der Waals surface area contributed by atoms with Gasteiger partial charge in [-0.2, -0.15) is 11.8 Å². The van der Waals surface area contributed by atoms with Crippen molar-refractivity contribution in [3.63, 3.8) is 0 Å². The summed E-state index contributed by atoms with van der Waals surface area (Å²) in [6.45, 7) is 3.16. The van der Waals surface area contributed by atoms with E-state index in [0.29, 0.717) is 23.5 Å². The normalized spacial score (nSPS) is 26.0. The third kappa shape index (κ3) is 5.62. The molecule has 0 N–H and O–H groups in total. The van der Waals surface area contributed by atoms with Gasteiger partial charge in [-0.25, -0.2) is 8.42 Å². The molecule has 1 heterocycles. The van der Waals surface area contributed by atoms with Crippen LogP contribution in [0, 0.1) is 5.92 Å². The van der Waals surface area contributed by atoms with Crippen molar-refractivity contribution in [2.24, 2.45) is 5.92 Å². The molecule has 0 saturated carbocycles. The number of hydrogen-bond donors (Lipinski definition) is 0. The average Bonchev–Trinajstić information content (AvgIpc) is 2.24. The van der Waals surface area contributed by atoms with Crippen LogP contribution in [-0.4, -0.2) is 56.5 Å². The molecule has 1 fully saturated rings. The lowest BCUT2D eigenvalue weighted by molar-refractivity contribution is 0.214. The first-order valence-electron chi connectivity index (χ1n) is 6.34. The molecule has 0 unspecified atom stereocenters. The van der Waals surface area contributed by atoms with Crippen LogP contribution in [0.4, 0.5) is 0 Å². The minimum Gasteiger partial charge on any atom is -0.303 e. The molecule has 1 saturated heterocycles. The van der Waals surface area contributed by atoms with Gasteiger partial charge in [0.05, 0.1) is 11.5 Å². The SMILES string of the molecule is CSCC[C@H](C)N(C)C[C@H]1CCCS(=O)(=O)C1. The van der Waals surface area contributed by atoms with Crippen molar-refractivity contribution in [3.05, 3.63) is 0 Å². The van der Waals surface area contributed by atoms with Gasteiger partial charge in [-0.3, -0.25) is 0 Å².